The first kappa shape index (κ1) is 29.9. The molecule has 3 aromatic rings. The van der Waals surface area contributed by atoms with Crippen LogP contribution < -0.4 is 4.72 Å². The maximum Gasteiger partial charge on any atom is 0.404 e. The van der Waals surface area contributed by atoms with Crippen LogP contribution in [0.15, 0.2) is 40.9 Å². The van der Waals surface area contributed by atoms with E-state index < -0.39 is 27.1 Å². The van der Waals surface area contributed by atoms with Crippen LogP contribution in [0.25, 0.3) is 11.1 Å². The van der Waals surface area contributed by atoms with Crippen molar-refractivity contribution in [2.45, 2.75) is 57.7 Å². The third-order valence-electron chi connectivity index (χ3n) is 6.01. The van der Waals surface area contributed by atoms with Crippen LogP contribution in [-0.4, -0.2) is 35.6 Å². The van der Waals surface area contributed by atoms with E-state index in [2.05, 4.69) is 21.0 Å². The summed E-state index contributed by atoms with van der Waals surface area (Å²) in [6, 6.07) is 6.33. The molecule has 2 atom stereocenters. The first-order chi connectivity index (χ1) is 18.3. The normalized spacial score (nSPS) is 14.2. The summed E-state index contributed by atoms with van der Waals surface area (Å²) in [5.74, 6) is -0.310. The molecule has 13 heteroatoms. The second-order valence-corrected chi connectivity index (χ2v) is 11.5. The van der Waals surface area contributed by atoms with Gasteiger partial charge >= 0.3 is 6.18 Å². The minimum Gasteiger partial charge on any atom is -0.261 e. The number of rotatable bonds is 9. The van der Waals surface area contributed by atoms with E-state index in [0.29, 0.717) is 52.9 Å². The largest absolute Gasteiger partial charge is 0.404 e. The van der Waals surface area contributed by atoms with Gasteiger partial charge in [-0.3, -0.25) is 9.97 Å². The van der Waals surface area contributed by atoms with Gasteiger partial charge in [-0.05, 0) is 62.4 Å². The number of aromatic nitrogens is 3. The minimum atomic E-state index is -4.76. The Morgan fingerprint density at radius 3 is 2.44 bits per heavy atom. The maximum atomic E-state index is 12.9. The number of hydrogen-bond acceptors (Lipinski definition) is 8. The Hall–Kier alpha value is -3.65. The summed E-state index contributed by atoms with van der Waals surface area (Å²) in [7, 11) is -4.51. The molecule has 3 aromatic heterocycles. The Kier molecular flexibility index (Phi) is 9.22. The molecule has 3 rings (SSSR count). The molecule has 3 heterocycles. The molecule has 0 aliphatic heterocycles. The number of nitrogens with one attached hydrogen (secondary N) is 1. The van der Waals surface area contributed by atoms with Crippen molar-refractivity contribution in [1.82, 2.24) is 19.7 Å². The second-order valence-electron chi connectivity index (χ2n) is 8.86. The highest BCUT2D eigenvalue weighted by molar-refractivity contribution is 7.89. The number of thiazole rings is 1. The summed E-state index contributed by atoms with van der Waals surface area (Å²) in [5.41, 5.74) is 3.40. The highest BCUT2D eigenvalue weighted by atomic mass is 32.2. The van der Waals surface area contributed by atoms with Gasteiger partial charge in [-0.2, -0.15) is 28.4 Å². The third-order valence-corrected chi connectivity index (χ3v) is 8.41. The van der Waals surface area contributed by atoms with E-state index in [-0.39, 0.29) is 11.6 Å². The summed E-state index contributed by atoms with van der Waals surface area (Å²) in [5, 5.41) is 21.8. The Morgan fingerprint density at radius 2 is 1.90 bits per heavy atom. The van der Waals surface area contributed by atoms with Crippen LogP contribution in [0.3, 0.4) is 0 Å². The van der Waals surface area contributed by atoms with E-state index in [0.717, 1.165) is 17.8 Å². The molecular formula is C26H25F3N6O2S2. The van der Waals surface area contributed by atoms with Crippen molar-refractivity contribution in [2.24, 2.45) is 5.92 Å². The predicted molar refractivity (Wildman–Crippen MR) is 141 cm³/mol. The first-order valence-corrected chi connectivity index (χ1v) is 14.1. The summed E-state index contributed by atoms with van der Waals surface area (Å²) < 4.78 is 65.6. The lowest BCUT2D eigenvalue weighted by atomic mass is 9.84. The number of alkyl halides is 3. The van der Waals surface area contributed by atoms with Crippen molar-refractivity contribution in [2.75, 3.05) is 0 Å². The van der Waals surface area contributed by atoms with Gasteiger partial charge in [0, 0.05) is 35.5 Å². The van der Waals surface area contributed by atoms with Crippen LogP contribution in [0.5, 0.6) is 0 Å². The molecular weight excluding hydrogens is 549 g/mol. The number of hydrogen-bond donors (Lipinski definition) is 1. The van der Waals surface area contributed by atoms with Crippen LogP contribution >= 0.6 is 11.3 Å². The van der Waals surface area contributed by atoms with E-state index >= 15 is 0 Å². The average Bonchev–Trinajstić information content (AvgIpc) is 3.34. The monoisotopic (exact) mass is 574 g/mol. The van der Waals surface area contributed by atoms with Gasteiger partial charge in [0.15, 0.2) is 5.69 Å². The highest BCUT2D eigenvalue weighted by Crippen LogP contribution is 2.37. The van der Waals surface area contributed by atoms with Crippen molar-refractivity contribution in [1.29, 1.82) is 10.5 Å². The molecule has 0 bridgehead atoms. The second kappa shape index (κ2) is 12.0. The number of pyridine rings is 2. The smallest absolute Gasteiger partial charge is 0.261 e. The van der Waals surface area contributed by atoms with Gasteiger partial charge in [0.25, 0.3) is 0 Å². The molecule has 0 saturated heterocycles. The van der Waals surface area contributed by atoms with Gasteiger partial charge < -0.3 is 0 Å². The van der Waals surface area contributed by atoms with Gasteiger partial charge in [0.2, 0.25) is 10.0 Å². The number of nitriles is 2. The van der Waals surface area contributed by atoms with E-state index in [1.807, 2.05) is 26.0 Å². The highest BCUT2D eigenvalue weighted by Gasteiger charge is 2.39. The average molecular weight is 575 g/mol. The Bertz CT molecular complexity index is 1570. The third kappa shape index (κ3) is 7.06. The van der Waals surface area contributed by atoms with Crippen molar-refractivity contribution < 1.29 is 21.6 Å². The maximum absolute atomic E-state index is 12.9. The van der Waals surface area contributed by atoms with Crippen molar-refractivity contribution >= 4 is 32.5 Å². The van der Waals surface area contributed by atoms with E-state index in [1.54, 1.807) is 23.2 Å². The standard InChI is InChI=1S/C26H25F3N6O2S2/c1-5-18(9-24-34-19(10-30)14-38-24)25(22(11-31)21-8-15(2)12-32-16(21)3)23-7-6-20(13-33-23)39(36,37)35-17(4)26(27,28)29/h6-8,12-14,17-18,35H,5,9H2,1-4H3. The van der Waals surface area contributed by atoms with Crippen LogP contribution in [-0.2, 0) is 16.4 Å². The fourth-order valence-corrected chi connectivity index (χ4v) is 5.86. The number of nitrogens with zero attached hydrogens (tertiary/aromatic N) is 5. The number of sulfonamides is 1. The molecule has 0 aromatic carbocycles. The zero-order valence-electron chi connectivity index (χ0n) is 21.5. The van der Waals surface area contributed by atoms with Crippen LogP contribution in [0.1, 0.15) is 53.5 Å². The van der Waals surface area contributed by atoms with E-state index in [1.165, 1.54) is 17.4 Å². The summed E-state index contributed by atoms with van der Waals surface area (Å²) >= 11 is 1.31. The molecule has 39 heavy (non-hydrogen) atoms. The van der Waals surface area contributed by atoms with E-state index in [9.17, 15) is 26.9 Å². The fraction of sp³-hybridized carbons (Fsp3) is 0.346. The Labute approximate surface area is 228 Å². The summed E-state index contributed by atoms with van der Waals surface area (Å²) in [6.07, 6.45) is -1.17. The minimum absolute atomic E-state index is 0.280. The quantitative estimate of drug-likeness (QED) is 0.341. The molecule has 0 aliphatic carbocycles. The lowest BCUT2D eigenvalue weighted by Crippen LogP contribution is -2.42. The molecule has 204 valence electrons. The Balaban J connectivity index is 2.16. The van der Waals surface area contributed by atoms with Gasteiger partial charge in [0.05, 0.1) is 16.3 Å². The molecule has 1 N–H and O–H groups in total. The predicted octanol–water partition coefficient (Wildman–Crippen LogP) is 5.35. The molecule has 2 unspecified atom stereocenters. The lowest BCUT2D eigenvalue weighted by molar-refractivity contribution is -0.147. The number of halogens is 3. The van der Waals surface area contributed by atoms with Crippen molar-refractivity contribution in [3.8, 4) is 12.1 Å². The summed E-state index contributed by atoms with van der Waals surface area (Å²) in [6.45, 7) is 6.23. The van der Waals surface area contributed by atoms with Gasteiger partial charge in [0.1, 0.15) is 23.1 Å². The fourth-order valence-electron chi connectivity index (χ4n) is 3.88. The molecule has 0 amide bonds. The van der Waals surface area contributed by atoms with Gasteiger partial charge in [-0.25, -0.2) is 13.4 Å². The topological polar surface area (TPSA) is 132 Å². The molecule has 0 saturated carbocycles. The lowest BCUT2D eigenvalue weighted by Gasteiger charge is -2.21. The van der Waals surface area contributed by atoms with Crippen molar-refractivity contribution in [3.05, 3.63) is 69.2 Å². The number of allylic oxidation sites excluding steroid dienone is 2. The molecule has 8 nitrogen and oxygen atoms in total. The zero-order valence-corrected chi connectivity index (χ0v) is 23.2. The molecule has 0 radical (unpaired) electrons. The van der Waals surface area contributed by atoms with E-state index in [4.69, 9.17) is 5.26 Å². The van der Waals surface area contributed by atoms with Gasteiger partial charge in [-0.1, -0.05) is 6.92 Å². The summed E-state index contributed by atoms with van der Waals surface area (Å²) in [4.78, 5) is 12.5. The van der Waals surface area contributed by atoms with Crippen molar-refractivity contribution in [3.63, 3.8) is 0 Å². The van der Waals surface area contributed by atoms with Crippen LogP contribution in [0.2, 0.25) is 0 Å². The van der Waals surface area contributed by atoms with Crippen LogP contribution in [0.4, 0.5) is 13.2 Å². The zero-order chi connectivity index (χ0) is 29.0. The number of aryl methyl sites for hydroxylation is 2. The van der Waals surface area contributed by atoms with Crippen LogP contribution in [0, 0.1) is 42.4 Å². The Morgan fingerprint density at radius 1 is 1.18 bits per heavy atom. The molecule has 0 fully saturated rings. The SMILES string of the molecule is CCC(Cc1nc(C#N)cs1)C(=C(C#N)c1cc(C)cnc1C)c1ccc(S(=O)(=O)NC(C)C(F)(F)F)cn1. The molecule has 0 aliphatic rings. The first-order valence-electron chi connectivity index (χ1n) is 11.8. The van der Waals surface area contributed by atoms with Gasteiger partial charge in [-0.15, -0.1) is 11.3 Å². The molecule has 0 spiro atoms.